The van der Waals surface area contributed by atoms with Crippen molar-refractivity contribution in [2.24, 2.45) is 0 Å². The first-order valence-corrected chi connectivity index (χ1v) is 7.38. The van der Waals surface area contributed by atoms with E-state index in [1.165, 1.54) is 10.8 Å². The molecule has 2 heterocycles. The van der Waals surface area contributed by atoms with Gasteiger partial charge in [-0.25, -0.2) is 4.79 Å². The number of aromatic nitrogens is 2. The fraction of sp³-hybridized carbons (Fsp3) is 0.600. The monoisotopic (exact) mass is 307 g/mol. The van der Waals surface area contributed by atoms with Crippen LogP contribution in [0.25, 0.3) is 0 Å². The molecule has 0 aliphatic carbocycles. The summed E-state index contributed by atoms with van der Waals surface area (Å²) in [6.45, 7) is 1.77. The normalized spacial score (nSPS) is 24.0. The molecule has 1 fully saturated rings. The molecule has 0 amide bonds. The lowest BCUT2D eigenvalue weighted by atomic mass is 10.2. The molecule has 7 nitrogen and oxygen atoms in total. The fourth-order valence-corrected chi connectivity index (χ4v) is 2.26. The van der Waals surface area contributed by atoms with E-state index in [-0.39, 0.29) is 18.8 Å². The Bertz CT molecular complexity index is 632. The maximum Gasteiger partial charge on any atom is 0.351 e. The number of nitrogens with two attached hydrogens (primary N) is 1. The predicted molar refractivity (Wildman–Crippen MR) is 80.9 cm³/mol. The molecule has 1 aliphatic rings. The number of aliphatic hydroxyl groups excluding tert-OH is 2. The number of unbranched alkanes of at least 4 members (excludes halogenated alkanes) is 2. The lowest BCUT2D eigenvalue weighted by Crippen LogP contribution is -2.28. The van der Waals surface area contributed by atoms with Crippen molar-refractivity contribution in [3.8, 4) is 11.8 Å². The first-order valence-electron chi connectivity index (χ1n) is 7.38. The van der Waals surface area contributed by atoms with Gasteiger partial charge in [0.1, 0.15) is 18.1 Å². The molecule has 3 atom stereocenters. The first kappa shape index (κ1) is 16.5. The second-order valence-electron chi connectivity index (χ2n) is 5.25. The van der Waals surface area contributed by atoms with Gasteiger partial charge in [0, 0.05) is 19.0 Å². The molecule has 1 aromatic rings. The zero-order valence-electron chi connectivity index (χ0n) is 12.5. The minimum atomic E-state index is -0.821. The lowest BCUT2D eigenvalue weighted by molar-refractivity contribution is -0.0458. The van der Waals surface area contributed by atoms with Crippen molar-refractivity contribution >= 4 is 5.82 Å². The van der Waals surface area contributed by atoms with Crippen molar-refractivity contribution in [3.05, 3.63) is 22.2 Å². The van der Waals surface area contributed by atoms with E-state index in [1.807, 2.05) is 0 Å². The van der Waals surface area contributed by atoms with Gasteiger partial charge < -0.3 is 20.7 Å². The van der Waals surface area contributed by atoms with E-state index in [0.717, 1.165) is 19.3 Å². The van der Waals surface area contributed by atoms with Crippen LogP contribution in [0.15, 0.2) is 11.0 Å². The number of anilines is 1. The average Bonchev–Trinajstić information content (AvgIpc) is 2.86. The summed E-state index contributed by atoms with van der Waals surface area (Å²) in [5, 5.41) is 18.9. The molecule has 1 saturated heterocycles. The van der Waals surface area contributed by atoms with Crippen LogP contribution >= 0.6 is 0 Å². The molecule has 0 aromatic carbocycles. The molecule has 0 spiro atoms. The van der Waals surface area contributed by atoms with Gasteiger partial charge in [0.15, 0.2) is 0 Å². The number of rotatable bonds is 4. The van der Waals surface area contributed by atoms with E-state index in [2.05, 4.69) is 23.7 Å². The summed E-state index contributed by atoms with van der Waals surface area (Å²) in [4.78, 5) is 15.7. The third-order valence-corrected chi connectivity index (χ3v) is 3.55. The molecule has 7 heteroatoms. The van der Waals surface area contributed by atoms with Crippen LogP contribution in [-0.4, -0.2) is 38.6 Å². The van der Waals surface area contributed by atoms with Crippen molar-refractivity contribution in [1.29, 1.82) is 0 Å². The summed E-state index contributed by atoms with van der Waals surface area (Å²) in [5.41, 5.74) is 5.62. The van der Waals surface area contributed by atoms with Crippen LogP contribution in [0.1, 0.15) is 44.4 Å². The average molecular weight is 307 g/mol. The van der Waals surface area contributed by atoms with Crippen LogP contribution in [0.3, 0.4) is 0 Å². The molecule has 1 aliphatic heterocycles. The molecular formula is C15H21N3O4. The number of hydrogen-bond acceptors (Lipinski definition) is 6. The van der Waals surface area contributed by atoms with E-state index < -0.39 is 24.1 Å². The van der Waals surface area contributed by atoms with Gasteiger partial charge in [0.25, 0.3) is 0 Å². The summed E-state index contributed by atoms with van der Waals surface area (Å²) in [6, 6.07) is 0. The fourth-order valence-electron chi connectivity index (χ4n) is 2.26. The zero-order valence-corrected chi connectivity index (χ0v) is 12.5. The molecule has 1 aromatic heterocycles. The van der Waals surface area contributed by atoms with Gasteiger partial charge in [0.05, 0.1) is 18.3 Å². The largest absolute Gasteiger partial charge is 0.394 e. The first-order chi connectivity index (χ1) is 10.6. The molecule has 0 unspecified atom stereocenters. The van der Waals surface area contributed by atoms with Crippen molar-refractivity contribution in [2.75, 3.05) is 12.3 Å². The molecule has 0 bridgehead atoms. The molecule has 22 heavy (non-hydrogen) atoms. The Balaban J connectivity index is 2.25. The van der Waals surface area contributed by atoms with E-state index in [9.17, 15) is 9.90 Å². The molecule has 0 saturated carbocycles. The summed E-state index contributed by atoms with van der Waals surface area (Å²) in [6.07, 6.45) is 2.31. The SMILES string of the molecule is CCCCC#Cc1cn([C@H]2C[C@H](O)[C@@H](CO)O2)c(=O)nc1N. The van der Waals surface area contributed by atoms with Gasteiger partial charge in [-0.1, -0.05) is 25.2 Å². The van der Waals surface area contributed by atoms with E-state index in [0.29, 0.717) is 5.56 Å². The Morgan fingerprint density at radius 1 is 1.59 bits per heavy atom. The third kappa shape index (κ3) is 3.65. The highest BCUT2D eigenvalue weighted by atomic mass is 16.5. The maximum atomic E-state index is 12.0. The molecule has 2 rings (SSSR count). The Morgan fingerprint density at radius 2 is 2.36 bits per heavy atom. The Morgan fingerprint density at radius 3 is 3.00 bits per heavy atom. The number of ether oxygens (including phenoxy) is 1. The minimum Gasteiger partial charge on any atom is -0.394 e. The molecule has 4 N–H and O–H groups in total. The van der Waals surface area contributed by atoms with Gasteiger partial charge in [0.2, 0.25) is 0 Å². The van der Waals surface area contributed by atoms with Crippen molar-refractivity contribution in [2.45, 2.75) is 51.0 Å². The smallest absolute Gasteiger partial charge is 0.351 e. The van der Waals surface area contributed by atoms with Gasteiger partial charge in [-0.05, 0) is 6.42 Å². The van der Waals surface area contributed by atoms with Crippen molar-refractivity contribution < 1.29 is 14.9 Å². The van der Waals surface area contributed by atoms with Crippen LogP contribution in [0.4, 0.5) is 5.82 Å². The van der Waals surface area contributed by atoms with Crippen LogP contribution in [0, 0.1) is 11.8 Å². The maximum absolute atomic E-state index is 12.0. The summed E-state index contributed by atoms with van der Waals surface area (Å²) in [5.74, 6) is 5.99. The summed E-state index contributed by atoms with van der Waals surface area (Å²) >= 11 is 0. The molecule has 0 radical (unpaired) electrons. The summed E-state index contributed by atoms with van der Waals surface area (Å²) < 4.78 is 6.72. The number of aliphatic hydroxyl groups is 2. The van der Waals surface area contributed by atoms with Crippen LogP contribution in [-0.2, 0) is 4.74 Å². The van der Waals surface area contributed by atoms with E-state index in [4.69, 9.17) is 15.6 Å². The highest BCUT2D eigenvalue weighted by Crippen LogP contribution is 2.27. The third-order valence-electron chi connectivity index (χ3n) is 3.55. The Kier molecular flexibility index (Phi) is 5.55. The van der Waals surface area contributed by atoms with Gasteiger partial charge in [-0.2, -0.15) is 4.98 Å². The van der Waals surface area contributed by atoms with Gasteiger partial charge in [-0.3, -0.25) is 4.57 Å². The van der Waals surface area contributed by atoms with E-state index >= 15 is 0 Å². The second kappa shape index (κ2) is 7.40. The Hall–Kier alpha value is -1.88. The zero-order chi connectivity index (χ0) is 16.1. The number of nitrogens with zero attached hydrogens (tertiary/aromatic N) is 2. The van der Waals surface area contributed by atoms with Crippen LogP contribution in [0.5, 0.6) is 0 Å². The quantitative estimate of drug-likeness (QED) is 0.534. The molecular weight excluding hydrogens is 286 g/mol. The minimum absolute atomic E-state index is 0.0857. The second-order valence-corrected chi connectivity index (χ2v) is 5.25. The number of nitrogen functional groups attached to an aromatic ring is 1. The lowest BCUT2D eigenvalue weighted by Gasteiger charge is -2.14. The topological polar surface area (TPSA) is 111 Å². The number of hydrogen-bond donors (Lipinski definition) is 3. The molecule has 120 valence electrons. The van der Waals surface area contributed by atoms with Crippen molar-refractivity contribution in [1.82, 2.24) is 9.55 Å². The standard InChI is InChI=1S/C15H21N3O4/c1-2-3-4-5-6-10-8-18(15(21)17-14(10)16)13-7-11(20)12(9-19)22-13/h8,11-13,19-20H,2-4,7,9H2,1H3,(H2,16,17,21)/t11-,12+,13+/m0/s1. The van der Waals surface area contributed by atoms with E-state index in [1.54, 1.807) is 0 Å². The highest BCUT2D eigenvalue weighted by Gasteiger charge is 2.35. The van der Waals surface area contributed by atoms with Crippen molar-refractivity contribution in [3.63, 3.8) is 0 Å². The van der Waals surface area contributed by atoms with Crippen LogP contribution < -0.4 is 11.4 Å². The van der Waals surface area contributed by atoms with Gasteiger partial charge in [-0.15, -0.1) is 0 Å². The summed E-state index contributed by atoms with van der Waals surface area (Å²) in [7, 11) is 0. The Labute approximate surface area is 128 Å². The highest BCUT2D eigenvalue weighted by molar-refractivity contribution is 5.48. The van der Waals surface area contributed by atoms with Gasteiger partial charge >= 0.3 is 5.69 Å². The van der Waals surface area contributed by atoms with Crippen LogP contribution in [0.2, 0.25) is 0 Å². The predicted octanol–water partition coefficient (Wildman–Crippen LogP) is 0.00790.